The third kappa shape index (κ3) is 3.63. The minimum atomic E-state index is -0.563. The minimum Gasteiger partial charge on any atom is -0.319 e. The molecule has 30 heavy (non-hydrogen) atoms. The monoisotopic (exact) mass is 392 g/mol. The Kier molecular flexibility index (Phi) is 5.74. The zero-order valence-corrected chi connectivity index (χ0v) is 16.7. The van der Waals surface area contributed by atoms with Crippen molar-refractivity contribution in [2.24, 2.45) is 5.73 Å². The Morgan fingerprint density at radius 3 is 1.73 bits per heavy atom. The molecule has 1 heterocycles. The average Bonchev–Trinajstić information content (AvgIpc) is 3.29. The zero-order valence-electron chi connectivity index (χ0n) is 16.7. The van der Waals surface area contributed by atoms with Gasteiger partial charge in [-0.2, -0.15) is 5.26 Å². The molecule has 0 aliphatic heterocycles. The lowest BCUT2D eigenvalue weighted by atomic mass is 9.77. The smallest absolute Gasteiger partial charge is 0.121 e. The second-order valence-electron chi connectivity index (χ2n) is 7.36. The van der Waals surface area contributed by atoms with E-state index in [1.54, 1.807) is 0 Å². The van der Waals surface area contributed by atoms with Crippen LogP contribution < -0.4 is 5.73 Å². The molecule has 0 aliphatic carbocycles. The Labute approximate surface area is 177 Å². The summed E-state index contributed by atoms with van der Waals surface area (Å²) in [5.74, 6) is 0. The number of benzene rings is 3. The van der Waals surface area contributed by atoms with Crippen molar-refractivity contribution in [1.82, 2.24) is 9.55 Å². The van der Waals surface area contributed by atoms with Crippen molar-refractivity contribution in [3.05, 3.63) is 126 Å². The topological polar surface area (TPSA) is 67.6 Å². The standard InChI is InChI=1S/C26H24N4/c27-18-24(28)16-17-25-19-30(20-29-25)26(21-10-4-1-5-11-21,22-12-6-2-7-13-22)23-14-8-3-9-15-23/h1-15,19-20,24H,16-17,28H2/t24-/m0/s1. The van der Waals surface area contributed by atoms with Crippen LogP contribution in [0.4, 0.5) is 0 Å². The first kappa shape index (κ1) is 19.6. The highest BCUT2D eigenvalue weighted by atomic mass is 15.1. The molecule has 4 heteroatoms. The molecule has 0 bridgehead atoms. The first-order chi connectivity index (χ1) is 14.7. The molecule has 0 radical (unpaired) electrons. The van der Waals surface area contributed by atoms with Gasteiger partial charge in [0, 0.05) is 6.20 Å². The van der Waals surface area contributed by atoms with E-state index in [-0.39, 0.29) is 0 Å². The van der Waals surface area contributed by atoms with Crippen LogP contribution in [0.5, 0.6) is 0 Å². The third-order valence-electron chi connectivity index (χ3n) is 5.48. The maximum Gasteiger partial charge on any atom is 0.121 e. The molecular formula is C26H24N4. The fourth-order valence-electron chi connectivity index (χ4n) is 4.03. The summed E-state index contributed by atoms with van der Waals surface area (Å²) in [4.78, 5) is 4.66. The fraction of sp³-hybridized carbons (Fsp3) is 0.154. The molecule has 1 aromatic heterocycles. The van der Waals surface area contributed by atoms with E-state index in [9.17, 15) is 0 Å². The van der Waals surface area contributed by atoms with E-state index in [2.05, 4.69) is 94.6 Å². The van der Waals surface area contributed by atoms with Gasteiger partial charge in [0.05, 0.1) is 24.1 Å². The maximum atomic E-state index is 8.99. The predicted octanol–water partition coefficient (Wildman–Crippen LogP) is 4.51. The van der Waals surface area contributed by atoms with Gasteiger partial charge < -0.3 is 10.3 Å². The Morgan fingerprint density at radius 2 is 1.30 bits per heavy atom. The van der Waals surface area contributed by atoms with Crippen molar-refractivity contribution in [2.75, 3.05) is 0 Å². The van der Waals surface area contributed by atoms with Gasteiger partial charge in [0.25, 0.3) is 0 Å². The van der Waals surface area contributed by atoms with E-state index in [1.165, 1.54) is 0 Å². The van der Waals surface area contributed by atoms with Gasteiger partial charge in [-0.15, -0.1) is 0 Å². The van der Waals surface area contributed by atoms with Gasteiger partial charge in [-0.25, -0.2) is 4.98 Å². The van der Waals surface area contributed by atoms with E-state index >= 15 is 0 Å². The number of imidazole rings is 1. The molecule has 0 unspecified atom stereocenters. The van der Waals surface area contributed by atoms with E-state index in [0.717, 1.165) is 22.4 Å². The van der Waals surface area contributed by atoms with Crippen LogP contribution in [0.1, 0.15) is 28.8 Å². The summed E-state index contributed by atoms with van der Waals surface area (Å²) in [6.45, 7) is 0. The van der Waals surface area contributed by atoms with Crippen LogP contribution in [-0.2, 0) is 12.0 Å². The number of aryl methyl sites for hydroxylation is 1. The Morgan fingerprint density at radius 1 is 0.833 bits per heavy atom. The number of hydrogen-bond acceptors (Lipinski definition) is 3. The Bertz CT molecular complexity index is 1020. The number of rotatable bonds is 7. The van der Waals surface area contributed by atoms with E-state index in [0.29, 0.717) is 12.8 Å². The van der Waals surface area contributed by atoms with Crippen LogP contribution in [0.3, 0.4) is 0 Å². The molecule has 0 spiro atoms. The molecule has 0 saturated heterocycles. The summed E-state index contributed by atoms with van der Waals surface area (Å²) < 4.78 is 2.18. The molecule has 0 aliphatic rings. The molecule has 3 aromatic carbocycles. The highest BCUT2D eigenvalue weighted by Gasteiger charge is 2.38. The number of hydrogen-bond donors (Lipinski definition) is 1. The van der Waals surface area contributed by atoms with Gasteiger partial charge in [0.2, 0.25) is 0 Å². The second-order valence-corrected chi connectivity index (χ2v) is 7.36. The highest BCUT2D eigenvalue weighted by molar-refractivity contribution is 5.50. The van der Waals surface area contributed by atoms with Gasteiger partial charge in [0.15, 0.2) is 0 Å². The van der Waals surface area contributed by atoms with Crippen molar-refractivity contribution < 1.29 is 0 Å². The number of nitrogens with zero attached hydrogens (tertiary/aromatic N) is 3. The SMILES string of the molecule is N#C[C@@H](N)CCc1cn(C(c2ccccc2)(c2ccccc2)c2ccccc2)cn1. The largest absolute Gasteiger partial charge is 0.319 e. The molecule has 0 amide bonds. The zero-order chi connectivity index (χ0) is 20.8. The summed E-state index contributed by atoms with van der Waals surface area (Å²) in [6, 6.07) is 33.1. The van der Waals surface area contributed by atoms with Gasteiger partial charge in [-0.1, -0.05) is 91.0 Å². The van der Waals surface area contributed by atoms with E-state index < -0.39 is 11.6 Å². The highest BCUT2D eigenvalue weighted by Crippen LogP contribution is 2.40. The van der Waals surface area contributed by atoms with Crippen molar-refractivity contribution in [1.29, 1.82) is 5.26 Å². The summed E-state index contributed by atoms with van der Waals surface area (Å²) in [5, 5.41) is 8.99. The molecule has 4 nitrogen and oxygen atoms in total. The molecule has 148 valence electrons. The molecule has 2 N–H and O–H groups in total. The van der Waals surface area contributed by atoms with Crippen LogP contribution in [0.2, 0.25) is 0 Å². The first-order valence-electron chi connectivity index (χ1n) is 10.1. The molecule has 0 fully saturated rings. The average molecular weight is 393 g/mol. The minimum absolute atomic E-state index is 0.475. The Balaban J connectivity index is 1.93. The maximum absolute atomic E-state index is 8.99. The normalized spacial score (nSPS) is 12.3. The van der Waals surface area contributed by atoms with Gasteiger partial charge in [-0.3, -0.25) is 0 Å². The lowest BCUT2D eigenvalue weighted by molar-refractivity contribution is 0.514. The molecule has 0 saturated carbocycles. The lowest BCUT2D eigenvalue weighted by Gasteiger charge is -2.37. The van der Waals surface area contributed by atoms with Crippen molar-refractivity contribution >= 4 is 0 Å². The molecule has 4 aromatic rings. The van der Waals surface area contributed by atoms with Crippen LogP contribution in [0.25, 0.3) is 0 Å². The van der Waals surface area contributed by atoms with E-state index in [4.69, 9.17) is 11.0 Å². The van der Waals surface area contributed by atoms with Crippen molar-refractivity contribution in [3.8, 4) is 6.07 Å². The molecule has 4 rings (SSSR count). The second kappa shape index (κ2) is 8.77. The first-order valence-corrected chi connectivity index (χ1v) is 10.1. The van der Waals surface area contributed by atoms with Gasteiger partial charge in [0.1, 0.15) is 5.54 Å². The summed E-state index contributed by atoms with van der Waals surface area (Å²) in [7, 11) is 0. The lowest BCUT2D eigenvalue weighted by Crippen LogP contribution is -2.36. The molecular weight excluding hydrogens is 368 g/mol. The van der Waals surface area contributed by atoms with Gasteiger partial charge in [-0.05, 0) is 29.5 Å². The summed E-state index contributed by atoms with van der Waals surface area (Å²) >= 11 is 0. The fourth-order valence-corrected chi connectivity index (χ4v) is 4.03. The van der Waals surface area contributed by atoms with Crippen LogP contribution in [0, 0.1) is 11.3 Å². The van der Waals surface area contributed by atoms with Gasteiger partial charge >= 0.3 is 0 Å². The number of nitrogens with two attached hydrogens (primary N) is 1. The van der Waals surface area contributed by atoms with Crippen LogP contribution in [-0.4, -0.2) is 15.6 Å². The third-order valence-corrected chi connectivity index (χ3v) is 5.48. The van der Waals surface area contributed by atoms with Crippen molar-refractivity contribution in [3.63, 3.8) is 0 Å². The van der Waals surface area contributed by atoms with Crippen molar-refractivity contribution in [2.45, 2.75) is 24.4 Å². The van der Waals surface area contributed by atoms with E-state index in [1.807, 2.05) is 24.5 Å². The molecule has 1 atom stereocenters. The summed E-state index contributed by atoms with van der Waals surface area (Å²) in [5.41, 5.74) is 9.61. The predicted molar refractivity (Wildman–Crippen MR) is 119 cm³/mol. The summed E-state index contributed by atoms with van der Waals surface area (Å²) in [6.07, 6.45) is 5.22. The van der Waals surface area contributed by atoms with Crippen LogP contribution in [0.15, 0.2) is 104 Å². The van der Waals surface area contributed by atoms with Crippen LogP contribution >= 0.6 is 0 Å². The quantitative estimate of drug-likeness (QED) is 0.471. The number of nitriles is 1. The number of aromatic nitrogens is 2. The Hall–Kier alpha value is -3.68.